The lowest BCUT2D eigenvalue weighted by Crippen LogP contribution is -2.17. The van der Waals surface area contributed by atoms with Gasteiger partial charge in [-0.05, 0) is 15.9 Å². The maximum absolute atomic E-state index is 12.6. The molecule has 0 atom stereocenters. The van der Waals surface area contributed by atoms with Gasteiger partial charge in [0.1, 0.15) is 0 Å². The average Bonchev–Trinajstić information content (AvgIpc) is 2.06. The van der Waals surface area contributed by atoms with Gasteiger partial charge in [0.25, 0.3) is 16.4 Å². The SMILES string of the molecule is Nc1cnc(S(N)(=O)=O)c(C(F)F)c1Br. The molecule has 0 aliphatic carbocycles. The monoisotopic (exact) mass is 301 g/mol. The van der Waals surface area contributed by atoms with E-state index in [0.29, 0.717) is 0 Å². The Bertz CT molecular complexity index is 491. The Kier molecular flexibility index (Phi) is 3.26. The van der Waals surface area contributed by atoms with Gasteiger partial charge in [-0.25, -0.2) is 27.3 Å². The van der Waals surface area contributed by atoms with Gasteiger partial charge in [-0.3, -0.25) is 0 Å². The number of primary sulfonamides is 1. The molecule has 0 amide bonds. The molecule has 0 bridgehead atoms. The molecular formula is C6H6BrF2N3O2S. The number of sulfonamides is 1. The summed E-state index contributed by atoms with van der Waals surface area (Å²) in [5, 5.41) is 3.85. The van der Waals surface area contributed by atoms with Crippen LogP contribution in [0.3, 0.4) is 0 Å². The van der Waals surface area contributed by atoms with E-state index in [1.807, 2.05) is 0 Å². The summed E-state index contributed by atoms with van der Waals surface area (Å²) in [6, 6.07) is 0. The van der Waals surface area contributed by atoms with Crippen molar-refractivity contribution in [2.75, 3.05) is 5.73 Å². The number of nitrogens with zero attached hydrogens (tertiary/aromatic N) is 1. The van der Waals surface area contributed by atoms with Crippen LogP contribution < -0.4 is 10.9 Å². The Hall–Kier alpha value is -0.800. The summed E-state index contributed by atoms with van der Waals surface area (Å²) in [5.41, 5.74) is 4.39. The first-order chi connectivity index (χ1) is 6.75. The molecule has 0 aliphatic heterocycles. The van der Waals surface area contributed by atoms with Crippen molar-refractivity contribution < 1.29 is 17.2 Å². The van der Waals surface area contributed by atoms with Gasteiger partial charge >= 0.3 is 0 Å². The van der Waals surface area contributed by atoms with Crippen LogP contribution in [0.1, 0.15) is 12.0 Å². The topological polar surface area (TPSA) is 99.1 Å². The van der Waals surface area contributed by atoms with Crippen molar-refractivity contribution >= 4 is 31.6 Å². The first-order valence-corrected chi connectivity index (χ1v) is 5.84. The van der Waals surface area contributed by atoms with Gasteiger partial charge in [-0.1, -0.05) is 0 Å². The summed E-state index contributed by atoms with van der Waals surface area (Å²) in [7, 11) is -4.29. The quantitative estimate of drug-likeness (QED) is 0.851. The van der Waals surface area contributed by atoms with E-state index in [0.717, 1.165) is 6.20 Å². The largest absolute Gasteiger partial charge is 0.397 e. The molecule has 9 heteroatoms. The molecule has 15 heavy (non-hydrogen) atoms. The van der Waals surface area contributed by atoms with Crippen LogP contribution in [0.15, 0.2) is 15.7 Å². The van der Waals surface area contributed by atoms with Gasteiger partial charge in [0, 0.05) is 0 Å². The predicted octanol–water partition coefficient (Wildman–Crippen LogP) is 1.01. The summed E-state index contributed by atoms with van der Waals surface area (Å²) in [6.07, 6.45) is -2.10. The van der Waals surface area contributed by atoms with E-state index in [-0.39, 0.29) is 10.2 Å². The molecule has 0 saturated carbocycles. The molecule has 0 radical (unpaired) electrons. The van der Waals surface area contributed by atoms with Crippen molar-refractivity contribution in [1.29, 1.82) is 0 Å². The zero-order valence-electron chi connectivity index (χ0n) is 7.12. The van der Waals surface area contributed by atoms with Gasteiger partial charge in [0.05, 0.1) is 21.9 Å². The minimum absolute atomic E-state index is 0.0855. The highest BCUT2D eigenvalue weighted by Gasteiger charge is 2.26. The second-order valence-corrected chi connectivity index (χ2v) is 4.86. The van der Waals surface area contributed by atoms with Crippen LogP contribution in [0.4, 0.5) is 14.5 Å². The summed E-state index contributed by atoms with van der Waals surface area (Å²) >= 11 is 2.76. The summed E-state index contributed by atoms with van der Waals surface area (Å²) in [4.78, 5) is 3.28. The molecule has 4 N–H and O–H groups in total. The third kappa shape index (κ3) is 2.41. The molecule has 1 aromatic heterocycles. The third-order valence-corrected chi connectivity index (χ3v) is 3.28. The van der Waals surface area contributed by atoms with Gasteiger partial charge in [-0.2, -0.15) is 0 Å². The zero-order chi connectivity index (χ0) is 11.8. The van der Waals surface area contributed by atoms with Crippen LogP contribution in [0, 0.1) is 0 Å². The molecule has 84 valence electrons. The fourth-order valence-corrected chi connectivity index (χ4v) is 2.21. The molecule has 0 aliphatic rings. The Labute approximate surface area is 92.7 Å². The minimum Gasteiger partial charge on any atom is -0.397 e. The number of hydrogen-bond donors (Lipinski definition) is 2. The van der Waals surface area contributed by atoms with Crippen molar-refractivity contribution in [3.05, 3.63) is 16.2 Å². The van der Waals surface area contributed by atoms with E-state index in [2.05, 4.69) is 20.9 Å². The van der Waals surface area contributed by atoms with Crippen molar-refractivity contribution in [2.24, 2.45) is 5.14 Å². The van der Waals surface area contributed by atoms with E-state index in [1.54, 1.807) is 0 Å². The Morgan fingerprint density at radius 1 is 1.47 bits per heavy atom. The van der Waals surface area contributed by atoms with Gasteiger partial charge in [0.2, 0.25) is 0 Å². The Balaban J connectivity index is 3.62. The van der Waals surface area contributed by atoms with E-state index in [4.69, 9.17) is 10.9 Å². The molecule has 1 heterocycles. The maximum atomic E-state index is 12.6. The predicted molar refractivity (Wildman–Crippen MR) is 52.7 cm³/mol. The number of pyridine rings is 1. The highest BCUT2D eigenvalue weighted by atomic mass is 79.9. The van der Waals surface area contributed by atoms with Gasteiger partial charge in [0.15, 0.2) is 5.03 Å². The number of halogens is 3. The van der Waals surface area contributed by atoms with Crippen LogP contribution in [-0.4, -0.2) is 13.4 Å². The second kappa shape index (κ2) is 3.99. The number of rotatable bonds is 2. The molecule has 0 unspecified atom stereocenters. The van der Waals surface area contributed by atoms with Crippen molar-refractivity contribution in [3.8, 4) is 0 Å². The molecule has 0 fully saturated rings. The smallest absolute Gasteiger partial charge is 0.267 e. The number of aromatic nitrogens is 1. The van der Waals surface area contributed by atoms with Crippen molar-refractivity contribution in [3.63, 3.8) is 0 Å². The number of nitrogen functional groups attached to an aromatic ring is 1. The fraction of sp³-hybridized carbons (Fsp3) is 0.167. The van der Waals surface area contributed by atoms with Gasteiger partial charge < -0.3 is 5.73 Å². The molecular weight excluding hydrogens is 296 g/mol. The minimum atomic E-state index is -4.29. The van der Waals surface area contributed by atoms with Crippen molar-refractivity contribution in [1.82, 2.24) is 4.98 Å². The van der Waals surface area contributed by atoms with E-state index >= 15 is 0 Å². The maximum Gasteiger partial charge on any atom is 0.267 e. The summed E-state index contributed by atoms with van der Waals surface area (Å²) < 4.78 is 46.8. The number of hydrogen-bond acceptors (Lipinski definition) is 4. The summed E-state index contributed by atoms with van der Waals surface area (Å²) in [6.45, 7) is 0. The highest BCUT2D eigenvalue weighted by Crippen LogP contribution is 2.34. The summed E-state index contributed by atoms with van der Waals surface area (Å²) in [5.74, 6) is 0. The molecule has 0 spiro atoms. The van der Waals surface area contributed by atoms with Crippen LogP contribution in [0.2, 0.25) is 0 Å². The third-order valence-electron chi connectivity index (χ3n) is 1.53. The van der Waals surface area contributed by atoms with Crippen LogP contribution >= 0.6 is 15.9 Å². The molecule has 5 nitrogen and oxygen atoms in total. The first-order valence-electron chi connectivity index (χ1n) is 3.50. The van der Waals surface area contributed by atoms with E-state index in [1.165, 1.54) is 0 Å². The molecule has 1 rings (SSSR count). The van der Waals surface area contributed by atoms with Gasteiger partial charge in [-0.15, -0.1) is 0 Å². The van der Waals surface area contributed by atoms with E-state index < -0.39 is 27.0 Å². The number of alkyl halides is 2. The standard InChI is InChI=1S/C6H6BrF2N3O2S/c7-4-2(10)1-12-6(15(11,13)14)3(4)5(8)9/h1,5H,10H2,(H2,11,13,14). The highest BCUT2D eigenvalue weighted by molar-refractivity contribution is 9.10. The lowest BCUT2D eigenvalue weighted by Gasteiger charge is -2.09. The average molecular weight is 302 g/mol. The molecule has 0 aromatic carbocycles. The zero-order valence-corrected chi connectivity index (χ0v) is 9.52. The Morgan fingerprint density at radius 3 is 2.40 bits per heavy atom. The number of nitrogens with two attached hydrogens (primary N) is 2. The first kappa shape index (κ1) is 12.3. The molecule has 0 saturated heterocycles. The van der Waals surface area contributed by atoms with Crippen LogP contribution in [0.25, 0.3) is 0 Å². The number of anilines is 1. The van der Waals surface area contributed by atoms with Crippen LogP contribution in [0.5, 0.6) is 0 Å². The molecule has 1 aromatic rings. The lowest BCUT2D eigenvalue weighted by atomic mass is 10.3. The van der Waals surface area contributed by atoms with E-state index in [9.17, 15) is 17.2 Å². The normalized spacial score (nSPS) is 12.1. The van der Waals surface area contributed by atoms with Crippen LogP contribution in [-0.2, 0) is 10.0 Å². The Morgan fingerprint density at radius 2 is 2.00 bits per heavy atom. The van der Waals surface area contributed by atoms with Crippen molar-refractivity contribution in [2.45, 2.75) is 11.5 Å². The lowest BCUT2D eigenvalue weighted by molar-refractivity contribution is 0.146. The second-order valence-electron chi connectivity index (χ2n) is 2.59. The fourth-order valence-electron chi connectivity index (χ4n) is 0.920.